The Balaban J connectivity index is 2.14. The lowest BCUT2D eigenvalue weighted by Crippen LogP contribution is -2.62. The zero-order valence-electron chi connectivity index (χ0n) is 13.2. The van der Waals surface area contributed by atoms with Gasteiger partial charge in [0.25, 0.3) is 0 Å². The van der Waals surface area contributed by atoms with Crippen molar-refractivity contribution in [3.63, 3.8) is 0 Å². The van der Waals surface area contributed by atoms with Gasteiger partial charge in [-0.25, -0.2) is 8.98 Å². The van der Waals surface area contributed by atoms with Gasteiger partial charge in [-0.1, -0.05) is 11.8 Å². The number of β-lactam (4-membered cyclic amide) rings is 1. The van der Waals surface area contributed by atoms with Gasteiger partial charge < -0.3 is 15.3 Å². The molecule has 25 heavy (non-hydrogen) atoms. The van der Waals surface area contributed by atoms with Crippen molar-refractivity contribution in [1.29, 1.82) is 0 Å². The van der Waals surface area contributed by atoms with Crippen LogP contribution in [0.25, 0.3) is 0 Å². The van der Waals surface area contributed by atoms with Gasteiger partial charge in [0.2, 0.25) is 11.8 Å². The van der Waals surface area contributed by atoms with Crippen LogP contribution in [-0.4, -0.2) is 52.9 Å². The summed E-state index contributed by atoms with van der Waals surface area (Å²) in [5.74, 6) is -3.03. The lowest BCUT2D eigenvalue weighted by atomic mass is 9.83. The molecular weight excluding hydrogens is 376 g/mol. The quantitative estimate of drug-likeness (QED) is 0.403. The number of carboxylic acid groups (broad SMARTS) is 1. The second kappa shape index (κ2) is 7.15. The lowest BCUT2D eigenvalue weighted by Gasteiger charge is -2.45. The van der Waals surface area contributed by atoms with Gasteiger partial charge in [0.1, 0.15) is 5.70 Å². The molecule has 0 aromatic rings. The molecule has 138 valence electrons. The van der Waals surface area contributed by atoms with Gasteiger partial charge in [-0.15, -0.1) is 0 Å². The number of carbonyl (C=O) groups is 3. The number of hydrogen-bond donors (Lipinski definition) is 3. The molecule has 2 rings (SSSR count). The van der Waals surface area contributed by atoms with Crippen LogP contribution in [0, 0.1) is 5.92 Å². The molecule has 10 nitrogen and oxygen atoms in total. The average molecular weight is 392 g/mol. The summed E-state index contributed by atoms with van der Waals surface area (Å²) in [5.41, 5.74) is -0.178. The summed E-state index contributed by atoms with van der Waals surface area (Å²) >= 11 is 1.04. The summed E-state index contributed by atoms with van der Waals surface area (Å²) in [6, 6.07) is -0.563. The summed E-state index contributed by atoms with van der Waals surface area (Å²) in [4.78, 5) is 36.0. The Morgan fingerprint density at radius 2 is 2.12 bits per heavy atom. The third kappa shape index (κ3) is 4.21. The summed E-state index contributed by atoms with van der Waals surface area (Å²) in [5, 5.41) is 13.2. The zero-order chi connectivity index (χ0) is 18.9. The van der Waals surface area contributed by atoms with Crippen molar-refractivity contribution < 1.29 is 36.6 Å². The molecule has 2 amide bonds. The SMILES string of the molecule is CC(=O)NC=CSC1=C(C(=O)O)N2C(=O)[C@@H]([C@@H](C)OS(=O)(=O)O)[C@H]2C1. The molecule has 1 saturated heterocycles. The highest BCUT2D eigenvalue weighted by Gasteiger charge is 2.57. The van der Waals surface area contributed by atoms with Crippen molar-refractivity contribution in [2.24, 2.45) is 5.92 Å². The number of nitrogens with one attached hydrogen (secondary N) is 1. The molecule has 3 N–H and O–H groups in total. The molecule has 0 bridgehead atoms. The van der Waals surface area contributed by atoms with Gasteiger partial charge in [0, 0.05) is 24.4 Å². The van der Waals surface area contributed by atoms with Crippen molar-refractivity contribution in [3.05, 3.63) is 22.2 Å². The van der Waals surface area contributed by atoms with E-state index in [0.717, 1.165) is 16.7 Å². The smallest absolute Gasteiger partial charge is 0.397 e. The highest BCUT2D eigenvalue weighted by atomic mass is 32.3. The van der Waals surface area contributed by atoms with Crippen LogP contribution in [0.1, 0.15) is 20.3 Å². The normalized spacial score (nSPS) is 24.3. The van der Waals surface area contributed by atoms with E-state index in [2.05, 4.69) is 9.50 Å². The predicted molar refractivity (Wildman–Crippen MR) is 86.0 cm³/mol. The molecule has 0 aromatic heterocycles. The first kappa shape index (κ1) is 19.4. The van der Waals surface area contributed by atoms with Crippen LogP contribution in [0.3, 0.4) is 0 Å². The van der Waals surface area contributed by atoms with E-state index in [9.17, 15) is 27.9 Å². The second-order valence-electron chi connectivity index (χ2n) is 5.43. The van der Waals surface area contributed by atoms with Crippen molar-refractivity contribution in [2.75, 3.05) is 0 Å². The van der Waals surface area contributed by atoms with E-state index in [4.69, 9.17) is 4.55 Å². The summed E-state index contributed by atoms with van der Waals surface area (Å²) in [6.07, 6.45) is 0.420. The third-order valence-corrected chi connectivity index (χ3v) is 5.18. The zero-order valence-corrected chi connectivity index (χ0v) is 14.8. The minimum atomic E-state index is -4.72. The van der Waals surface area contributed by atoms with Gasteiger partial charge >= 0.3 is 16.4 Å². The first-order chi connectivity index (χ1) is 11.5. The fourth-order valence-electron chi connectivity index (χ4n) is 2.84. The number of hydrogen-bond acceptors (Lipinski definition) is 7. The van der Waals surface area contributed by atoms with Crippen LogP contribution >= 0.6 is 11.8 Å². The van der Waals surface area contributed by atoms with E-state index < -0.39 is 40.3 Å². The lowest BCUT2D eigenvalue weighted by molar-refractivity contribution is -0.160. The Hall–Kier alpha value is -1.89. The Bertz CT molecular complexity index is 773. The molecule has 0 aliphatic carbocycles. The van der Waals surface area contributed by atoms with Crippen molar-refractivity contribution >= 4 is 39.9 Å². The molecule has 12 heteroatoms. The van der Waals surface area contributed by atoms with Crippen LogP contribution in [0.5, 0.6) is 0 Å². The Kier molecular flexibility index (Phi) is 5.56. The highest BCUT2D eigenvalue weighted by Crippen LogP contribution is 2.47. The average Bonchev–Trinajstić information content (AvgIpc) is 2.76. The molecule has 0 unspecified atom stereocenters. The highest BCUT2D eigenvalue weighted by molar-refractivity contribution is 8.05. The molecule has 0 saturated carbocycles. The molecule has 2 aliphatic rings. The molecule has 0 spiro atoms. The maximum absolute atomic E-state index is 12.2. The molecule has 3 atom stereocenters. The van der Waals surface area contributed by atoms with Gasteiger partial charge in [-0.2, -0.15) is 8.42 Å². The fourth-order valence-corrected chi connectivity index (χ4v) is 4.21. The van der Waals surface area contributed by atoms with E-state index in [1.807, 2.05) is 0 Å². The number of rotatable bonds is 7. The topological polar surface area (TPSA) is 150 Å². The largest absolute Gasteiger partial charge is 0.477 e. The first-order valence-corrected chi connectivity index (χ1v) is 9.31. The molecule has 0 aromatic carbocycles. The minimum absolute atomic E-state index is 0.178. The van der Waals surface area contributed by atoms with Gasteiger partial charge in [0.05, 0.1) is 18.1 Å². The molecular formula is C13H16N2O8S2. The van der Waals surface area contributed by atoms with Crippen LogP contribution in [0.2, 0.25) is 0 Å². The molecule has 1 fully saturated rings. The van der Waals surface area contributed by atoms with Crippen LogP contribution < -0.4 is 5.32 Å². The fraction of sp³-hybridized carbons (Fsp3) is 0.462. The molecule has 2 aliphatic heterocycles. The maximum Gasteiger partial charge on any atom is 0.397 e. The molecule has 0 radical (unpaired) electrons. The summed E-state index contributed by atoms with van der Waals surface area (Å²) in [6.45, 7) is 2.63. The number of thioether (sulfide) groups is 1. The van der Waals surface area contributed by atoms with Crippen LogP contribution in [0.4, 0.5) is 0 Å². The number of nitrogens with zero attached hydrogens (tertiary/aromatic N) is 1. The number of fused-ring (bicyclic) bond motifs is 1. The van der Waals surface area contributed by atoms with E-state index in [0.29, 0.717) is 4.91 Å². The van der Waals surface area contributed by atoms with Gasteiger partial charge in [-0.05, 0) is 12.3 Å². The first-order valence-electron chi connectivity index (χ1n) is 7.07. The monoisotopic (exact) mass is 392 g/mol. The van der Waals surface area contributed by atoms with Crippen molar-refractivity contribution in [2.45, 2.75) is 32.4 Å². The number of carbonyl (C=O) groups excluding carboxylic acids is 2. The van der Waals surface area contributed by atoms with Crippen LogP contribution in [-0.2, 0) is 29.0 Å². The standard InChI is InChI=1S/C13H16N2O8S2/c1-6(23-25(20,21)22)10-8-5-9(24-4-3-14-7(2)16)11(13(18)19)15(8)12(10)17/h3-4,6,8,10H,5H2,1-2H3,(H,14,16)(H,18,19)(H,20,21,22)/t6-,8-,10+/m1/s1. The number of aliphatic carboxylic acids is 1. The number of carboxylic acids is 1. The summed E-state index contributed by atoms with van der Waals surface area (Å²) < 4.78 is 34.8. The van der Waals surface area contributed by atoms with E-state index in [-0.39, 0.29) is 18.0 Å². The van der Waals surface area contributed by atoms with Gasteiger partial charge in [0.15, 0.2) is 0 Å². The number of amides is 2. The third-order valence-electron chi connectivity index (χ3n) is 3.71. The molecule has 2 heterocycles. The minimum Gasteiger partial charge on any atom is -0.477 e. The van der Waals surface area contributed by atoms with Crippen molar-refractivity contribution in [1.82, 2.24) is 10.2 Å². The summed E-state index contributed by atoms with van der Waals surface area (Å²) in [7, 11) is -4.72. The Labute approximate surface area is 147 Å². The van der Waals surface area contributed by atoms with E-state index >= 15 is 0 Å². The van der Waals surface area contributed by atoms with Gasteiger partial charge in [-0.3, -0.25) is 14.1 Å². The predicted octanol–water partition coefficient (Wildman–Crippen LogP) is 0.0617. The van der Waals surface area contributed by atoms with Crippen molar-refractivity contribution in [3.8, 4) is 0 Å². The second-order valence-corrected chi connectivity index (χ2v) is 7.48. The maximum atomic E-state index is 12.2. The Morgan fingerprint density at radius 3 is 2.64 bits per heavy atom. The Morgan fingerprint density at radius 1 is 1.48 bits per heavy atom. The van der Waals surface area contributed by atoms with E-state index in [1.54, 1.807) is 0 Å². The van der Waals surface area contributed by atoms with E-state index in [1.165, 1.54) is 25.5 Å². The van der Waals surface area contributed by atoms with Crippen LogP contribution in [0.15, 0.2) is 22.2 Å².